The maximum absolute atomic E-state index is 14.4. The summed E-state index contributed by atoms with van der Waals surface area (Å²) in [6, 6.07) is 6.83. The summed E-state index contributed by atoms with van der Waals surface area (Å²) in [6.07, 6.45) is 7.85. The number of carbonyl (C=O) groups excluding carboxylic acids is 1. The SMILES string of the molecule is O=C(NC1CCc2cn[nH]c2C1)C1(c2ccccc2F)CCCC1. The average Bonchev–Trinajstić information content (AvgIpc) is 3.24. The Kier molecular flexibility index (Phi) is 3.87. The monoisotopic (exact) mass is 327 g/mol. The van der Waals surface area contributed by atoms with Gasteiger partial charge in [-0.05, 0) is 37.3 Å². The summed E-state index contributed by atoms with van der Waals surface area (Å²) in [4.78, 5) is 13.1. The maximum atomic E-state index is 14.4. The largest absolute Gasteiger partial charge is 0.352 e. The van der Waals surface area contributed by atoms with Crippen LogP contribution in [0.25, 0.3) is 0 Å². The Morgan fingerprint density at radius 1 is 1.29 bits per heavy atom. The van der Waals surface area contributed by atoms with Crippen LogP contribution in [0.5, 0.6) is 0 Å². The molecule has 1 atom stereocenters. The first-order chi connectivity index (χ1) is 11.7. The molecule has 0 radical (unpaired) electrons. The van der Waals surface area contributed by atoms with Gasteiger partial charge >= 0.3 is 0 Å². The molecule has 2 aliphatic carbocycles. The molecule has 1 unspecified atom stereocenters. The van der Waals surface area contributed by atoms with E-state index in [4.69, 9.17) is 0 Å². The van der Waals surface area contributed by atoms with E-state index >= 15 is 0 Å². The highest BCUT2D eigenvalue weighted by Gasteiger charge is 2.45. The molecule has 1 amide bonds. The lowest BCUT2D eigenvalue weighted by atomic mass is 9.77. The number of hydrogen-bond acceptors (Lipinski definition) is 2. The predicted molar refractivity (Wildman–Crippen MR) is 89.1 cm³/mol. The molecular formula is C19H22FN3O. The number of halogens is 1. The van der Waals surface area contributed by atoms with Gasteiger partial charge in [0.25, 0.3) is 0 Å². The van der Waals surface area contributed by atoms with Gasteiger partial charge in [0.1, 0.15) is 5.82 Å². The Bertz CT molecular complexity index is 749. The van der Waals surface area contributed by atoms with Gasteiger partial charge in [-0.1, -0.05) is 31.0 Å². The quantitative estimate of drug-likeness (QED) is 0.910. The van der Waals surface area contributed by atoms with Crippen molar-refractivity contribution in [3.8, 4) is 0 Å². The third kappa shape index (κ3) is 2.52. The first-order valence-electron chi connectivity index (χ1n) is 8.76. The van der Waals surface area contributed by atoms with Crippen molar-refractivity contribution in [3.05, 3.63) is 53.1 Å². The van der Waals surface area contributed by atoms with E-state index < -0.39 is 5.41 Å². The molecule has 1 aromatic heterocycles. The van der Waals surface area contributed by atoms with Gasteiger partial charge in [0.2, 0.25) is 5.91 Å². The van der Waals surface area contributed by atoms with Crippen molar-refractivity contribution in [2.75, 3.05) is 0 Å². The van der Waals surface area contributed by atoms with Gasteiger partial charge in [0.15, 0.2) is 0 Å². The van der Waals surface area contributed by atoms with E-state index in [2.05, 4.69) is 15.5 Å². The topological polar surface area (TPSA) is 57.8 Å². The zero-order chi connectivity index (χ0) is 16.6. The van der Waals surface area contributed by atoms with Gasteiger partial charge in [0, 0.05) is 23.7 Å². The Morgan fingerprint density at radius 2 is 2.08 bits per heavy atom. The van der Waals surface area contributed by atoms with Crippen LogP contribution in [0.3, 0.4) is 0 Å². The smallest absolute Gasteiger partial charge is 0.230 e. The number of nitrogens with one attached hydrogen (secondary N) is 2. The van der Waals surface area contributed by atoms with Crippen LogP contribution < -0.4 is 5.32 Å². The molecule has 1 aromatic carbocycles. The van der Waals surface area contributed by atoms with Crippen molar-refractivity contribution >= 4 is 5.91 Å². The Balaban J connectivity index is 1.57. The van der Waals surface area contributed by atoms with E-state index in [1.54, 1.807) is 12.1 Å². The molecule has 4 nitrogen and oxygen atoms in total. The third-order valence-corrected chi connectivity index (χ3v) is 5.64. The van der Waals surface area contributed by atoms with E-state index in [0.29, 0.717) is 5.56 Å². The van der Waals surface area contributed by atoms with Crippen LogP contribution >= 0.6 is 0 Å². The fourth-order valence-corrected chi connectivity index (χ4v) is 4.30. The molecule has 0 bridgehead atoms. The molecule has 0 saturated heterocycles. The van der Waals surface area contributed by atoms with E-state index in [9.17, 15) is 9.18 Å². The van der Waals surface area contributed by atoms with Crippen LogP contribution in [-0.4, -0.2) is 22.1 Å². The lowest BCUT2D eigenvalue weighted by Gasteiger charge is -2.32. The molecule has 2 N–H and O–H groups in total. The van der Waals surface area contributed by atoms with Crippen LogP contribution in [0.1, 0.15) is 48.9 Å². The average molecular weight is 327 g/mol. The minimum atomic E-state index is -0.709. The molecule has 2 aliphatic rings. The van der Waals surface area contributed by atoms with Crippen molar-refractivity contribution in [2.45, 2.75) is 56.4 Å². The number of hydrogen-bond donors (Lipinski definition) is 2. The highest BCUT2D eigenvalue weighted by molar-refractivity contribution is 5.89. The van der Waals surface area contributed by atoms with Gasteiger partial charge < -0.3 is 5.32 Å². The summed E-state index contributed by atoms with van der Waals surface area (Å²) in [5, 5.41) is 10.3. The lowest BCUT2D eigenvalue weighted by Crippen LogP contribution is -2.49. The minimum Gasteiger partial charge on any atom is -0.352 e. The fourth-order valence-electron chi connectivity index (χ4n) is 4.30. The molecule has 1 saturated carbocycles. The number of carbonyl (C=O) groups is 1. The van der Waals surface area contributed by atoms with Gasteiger partial charge in [0.05, 0.1) is 11.6 Å². The van der Waals surface area contributed by atoms with Crippen molar-refractivity contribution in [1.29, 1.82) is 0 Å². The van der Waals surface area contributed by atoms with Crippen LogP contribution in [0.4, 0.5) is 4.39 Å². The van der Waals surface area contributed by atoms with E-state index in [0.717, 1.165) is 50.6 Å². The number of H-pyrrole nitrogens is 1. The molecular weight excluding hydrogens is 305 g/mol. The van der Waals surface area contributed by atoms with E-state index in [-0.39, 0.29) is 17.8 Å². The zero-order valence-electron chi connectivity index (χ0n) is 13.6. The van der Waals surface area contributed by atoms with E-state index in [1.165, 1.54) is 11.6 Å². The maximum Gasteiger partial charge on any atom is 0.230 e. The second kappa shape index (κ2) is 6.04. The van der Waals surface area contributed by atoms with Crippen LogP contribution in [-0.2, 0) is 23.1 Å². The lowest BCUT2D eigenvalue weighted by molar-refractivity contribution is -0.127. The standard InChI is InChI=1S/C19H22FN3O/c20-16-6-2-1-5-15(16)19(9-3-4-10-19)18(24)22-14-8-7-13-12-21-23-17(13)11-14/h1-2,5-6,12,14H,3-4,7-11H2,(H,21,23)(H,22,24). The summed E-state index contributed by atoms with van der Waals surface area (Å²) in [5.74, 6) is -0.285. The normalized spacial score (nSPS) is 22.1. The summed E-state index contributed by atoms with van der Waals surface area (Å²) in [5.41, 5.74) is 2.20. The summed E-state index contributed by atoms with van der Waals surface area (Å²) in [7, 11) is 0. The second-order valence-electron chi connectivity index (χ2n) is 7.06. The molecule has 2 aromatic rings. The van der Waals surface area contributed by atoms with Gasteiger partial charge in [-0.2, -0.15) is 5.10 Å². The highest BCUT2D eigenvalue weighted by Crippen LogP contribution is 2.42. The van der Waals surface area contributed by atoms with E-state index in [1.807, 2.05) is 12.3 Å². The number of benzene rings is 1. The van der Waals surface area contributed by atoms with Crippen LogP contribution in [0, 0.1) is 5.82 Å². The third-order valence-electron chi connectivity index (χ3n) is 5.64. The first kappa shape index (κ1) is 15.4. The number of aromatic nitrogens is 2. The Morgan fingerprint density at radius 3 is 2.88 bits per heavy atom. The summed E-state index contributed by atoms with van der Waals surface area (Å²) in [6.45, 7) is 0. The number of nitrogens with zero attached hydrogens (tertiary/aromatic N) is 1. The van der Waals surface area contributed by atoms with Crippen LogP contribution in [0.2, 0.25) is 0 Å². The number of aryl methyl sites for hydroxylation is 1. The molecule has 126 valence electrons. The molecule has 0 aliphatic heterocycles. The predicted octanol–water partition coefficient (Wildman–Crippen LogP) is 3.03. The number of rotatable bonds is 3. The zero-order valence-corrected chi connectivity index (χ0v) is 13.6. The van der Waals surface area contributed by atoms with Crippen molar-refractivity contribution in [2.24, 2.45) is 0 Å². The molecule has 1 fully saturated rings. The highest BCUT2D eigenvalue weighted by atomic mass is 19.1. The number of aromatic amines is 1. The van der Waals surface area contributed by atoms with Crippen molar-refractivity contribution in [1.82, 2.24) is 15.5 Å². The van der Waals surface area contributed by atoms with Crippen molar-refractivity contribution in [3.63, 3.8) is 0 Å². The first-order valence-corrected chi connectivity index (χ1v) is 8.76. The van der Waals surface area contributed by atoms with Crippen LogP contribution in [0.15, 0.2) is 30.5 Å². The molecule has 4 rings (SSSR count). The van der Waals surface area contributed by atoms with Gasteiger partial charge in [-0.15, -0.1) is 0 Å². The number of fused-ring (bicyclic) bond motifs is 1. The Hall–Kier alpha value is -2.17. The second-order valence-corrected chi connectivity index (χ2v) is 7.06. The minimum absolute atomic E-state index is 0.0157. The molecule has 0 spiro atoms. The summed E-state index contributed by atoms with van der Waals surface area (Å²) < 4.78 is 14.4. The Labute approximate surface area is 140 Å². The molecule has 1 heterocycles. The summed E-state index contributed by atoms with van der Waals surface area (Å²) >= 11 is 0. The molecule has 24 heavy (non-hydrogen) atoms. The van der Waals surface area contributed by atoms with Gasteiger partial charge in [-0.3, -0.25) is 9.89 Å². The molecule has 5 heteroatoms. The fraction of sp³-hybridized carbons (Fsp3) is 0.474. The van der Waals surface area contributed by atoms with Crippen molar-refractivity contribution < 1.29 is 9.18 Å². The number of amides is 1. The van der Waals surface area contributed by atoms with Gasteiger partial charge in [-0.25, -0.2) is 4.39 Å².